The topological polar surface area (TPSA) is 0 Å². The molecule has 0 aromatic heterocycles. The first kappa shape index (κ1) is 20.4. The van der Waals surface area contributed by atoms with Crippen molar-refractivity contribution in [2.75, 3.05) is 0 Å². The van der Waals surface area contributed by atoms with Crippen molar-refractivity contribution in [3.8, 4) is 11.1 Å². The second-order valence-corrected chi connectivity index (χ2v) is 5.35. The number of rotatable bonds is 5. The summed E-state index contributed by atoms with van der Waals surface area (Å²) < 4.78 is 0. The van der Waals surface area contributed by atoms with Crippen LogP contribution in [0, 0.1) is 6.92 Å². The van der Waals surface area contributed by atoms with E-state index in [0.717, 1.165) is 0 Å². The second-order valence-electron chi connectivity index (χ2n) is 5.35. The molecule has 0 fully saturated rings. The lowest BCUT2D eigenvalue weighted by Gasteiger charge is -2.19. The van der Waals surface area contributed by atoms with Crippen molar-refractivity contribution in [1.82, 2.24) is 0 Å². The Bertz CT molecular complexity index is 508. The number of hydrogen-bond acceptors (Lipinski definition) is 0. The first-order valence-electron chi connectivity index (χ1n) is 8.42. The molecular formula is C22H34. The highest BCUT2D eigenvalue weighted by molar-refractivity contribution is 5.68. The van der Waals surface area contributed by atoms with Gasteiger partial charge < -0.3 is 0 Å². The van der Waals surface area contributed by atoms with Gasteiger partial charge in [0.15, 0.2) is 0 Å². The minimum Gasteiger partial charge on any atom is -0.0776 e. The molecule has 2 rings (SSSR count). The third-order valence-electron chi connectivity index (χ3n) is 3.89. The van der Waals surface area contributed by atoms with Crippen LogP contribution in [0.5, 0.6) is 0 Å². The molecule has 0 heterocycles. The molecule has 2 aromatic carbocycles. The summed E-state index contributed by atoms with van der Waals surface area (Å²) in [7, 11) is 0. The quantitative estimate of drug-likeness (QED) is 0.532. The van der Waals surface area contributed by atoms with Crippen LogP contribution in [0.1, 0.15) is 71.4 Å². The van der Waals surface area contributed by atoms with Crippen LogP contribution in [0.3, 0.4) is 0 Å². The summed E-state index contributed by atoms with van der Waals surface area (Å²) in [5.74, 6) is 0.683. The van der Waals surface area contributed by atoms with Gasteiger partial charge >= 0.3 is 0 Å². The summed E-state index contributed by atoms with van der Waals surface area (Å²) in [5, 5.41) is 0. The molecule has 0 saturated carbocycles. The van der Waals surface area contributed by atoms with Crippen LogP contribution in [0.2, 0.25) is 0 Å². The Morgan fingerprint density at radius 1 is 0.864 bits per heavy atom. The van der Waals surface area contributed by atoms with Crippen LogP contribution in [-0.2, 0) is 0 Å². The van der Waals surface area contributed by atoms with E-state index in [2.05, 4.69) is 69.3 Å². The largest absolute Gasteiger partial charge is 0.0776 e. The molecule has 0 bridgehead atoms. The standard InChI is InChI=1S/C19H24.C2H6.CH4/c1-4-8-16(5-2)18-9-6-7-10-19(18)17-13-11-15(3)12-14-17;1-2;/h6-7,9-14,16H,4-5,8H2,1-3H3;1-2H3;1H4. The van der Waals surface area contributed by atoms with Crippen LogP contribution < -0.4 is 0 Å². The number of hydrogen-bond donors (Lipinski definition) is 0. The predicted molar refractivity (Wildman–Crippen MR) is 103 cm³/mol. The van der Waals surface area contributed by atoms with Gasteiger partial charge in [-0.2, -0.15) is 0 Å². The van der Waals surface area contributed by atoms with E-state index in [9.17, 15) is 0 Å². The van der Waals surface area contributed by atoms with Crippen molar-refractivity contribution in [1.29, 1.82) is 0 Å². The molecule has 0 aliphatic rings. The van der Waals surface area contributed by atoms with Gasteiger partial charge in [-0.3, -0.25) is 0 Å². The Kier molecular flexibility index (Phi) is 10.3. The first-order valence-corrected chi connectivity index (χ1v) is 8.42. The fourth-order valence-corrected chi connectivity index (χ4v) is 2.78. The monoisotopic (exact) mass is 298 g/mol. The van der Waals surface area contributed by atoms with Gasteiger partial charge in [0.25, 0.3) is 0 Å². The molecule has 0 amide bonds. The van der Waals surface area contributed by atoms with Crippen LogP contribution in [0.4, 0.5) is 0 Å². The molecule has 2 aromatic rings. The Labute approximate surface area is 138 Å². The van der Waals surface area contributed by atoms with Crippen molar-refractivity contribution in [2.45, 2.75) is 67.2 Å². The zero-order valence-corrected chi connectivity index (χ0v) is 14.3. The van der Waals surface area contributed by atoms with Gasteiger partial charge in [-0.15, -0.1) is 0 Å². The molecule has 0 radical (unpaired) electrons. The zero-order chi connectivity index (χ0) is 15.7. The van der Waals surface area contributed by atoms with E-state index >= 15 is 0 Å². The van der Waals surface area contributed by atoms with Gasteiger partial charge in [-0.1, -0.05) is 95.6 Å². The fourth-order valence-electron chi connectivity index (χ4n) is 2.78. The maximum atomic E-state index is 2.30. The van der Waals surface area contributed by atoms with E-state index in [1.807, 2.05) is 13.8 Å². The molecule has 0 N–H and O–H groups in total. The maximum Gasteiger partial charge on any atom is -0.0149 e. The third kappa shape index (κ3) is 5.33. The average Bonchev–Trinajstić information content (AvgIpc) is 2.55. The van der Waals surface area contributed by atoms with E-state index in [1.165, 1.54) is 41.5 Å². The summed E-state index contributed by atoms with van der Waals surface area (Å²) in [4.78, 5) is 0. The molecule has 22 heavy (non-hydrogen) atoms. The molecule has 0 saturated heterocycles. The molecule has 0 spiro atoms. The Balaban J connectivity index is 0.00000141. The summed E-state index contributed by atoms with van der Waals surface area (Å²) in [6.45, 7) is 10.7. The molecule has 1 unspecified atom stereocenters. The van der Waals surface area contributed by atoms with Crippen LogP contribution in [-0.4, -0.2) is 0 Å². The fraction of sp³-hybridized carbons (Fsp3) is 0.455. The van der Waals surface area contributed by atoms with Gasteiger partial charge in [-0.25, -0.2) is 0 Å². The molecule has 0 aliphatic carbocycles. The molecule has 1 atom stereocenters. The second kappa shape index (κ2) is 11.1. The average molecular weight is 299 g/mol. The van der Waals surface area contributed by atoms with Crippen molar-refractivity contribution in [3.05, 3.63) is 59.7 Å². The van der Waals surface area contributed by atoms with Gasteiger partial charge in [0.05, 0.1) is 0 Å². The lowest BCUT2D eigenvalue weighted by atomic mass is 9.86. The maximum absolute atomic E-state index is 2.30. The van der Waals surface area contributed by atoms with E-state index in [4.69, 9.17) is 0 Å². The summed E-state index contributed by atoms with van der Waals surface area (Å²) >= 11 is 0. The molecule has 0 nitrogen and oxygen atoms in total. The number of benzene rings is 2. The normalized spacial score (nSPS) is 11.0. The van der Waals surface area contributed by atoms with Crippen LogP contribution in [0.25, 0.3) is 11.1 Å². The molecular weight excluding hydrogens is 264 g/mol. The summed E-state index contributed by atoms with van der Waals surface area (Å²) in [5.41, 5.74) is 5.58. The SMILES string of the molecule is C.CC.CCCC(CC)c1ccccc1-c1ccc(C)cc1. The lowest BCUT2D eigenvalue weighted by Crippen LogP contribution is -1.99. The van der Waals surface area contributed by atoms with Gasteiger partial charge in [0, 0.05) is 0 Å². The van der Waals surface area contributed by atoms with Gasteiger partial charge in [0.2, 0.25) is 0 Å². The van der Waals surface area contributed by atoms with Crippen molar-refractivity contribution in [3.63, 3.8) is 0 Å². The van der Waals surface area contributed by atoms with E-state index in [-0.39, 0.29) is 7.43 Å². The molecule has 0 heteroatoms. The van der Waals surface area contributed by atoms with E-state index in [0.29, 0.717) is 5.92 Å². The van der Waals surface area contributed by atoms with Gasteiger partial charge in [0.1, 0.15) is 0 Å². The Morgan fingerprint density at radius 2 is 1.45 bits per heavy atom. The Morgan fingerprint density at radius 3 is 2.00 bits per heavy atom. The van der Waals surface area contributed by atoms with Gasteiger partial charge in [-0.05, 0) is 42.4 Å². The van der Waals surface area contributed by atoms with Crippen molar-refractivity contribution in [2.24, 2.45) is 0 Å². The summed E-state index contributed by atoms with van der Waals surface area (Å²) in [6.07, 6.45) is 3.75. The Hall–Kier alpha value is -1.56. The van der Waals surface area contributed by atoms with Crippen LogP contribution in [0.15, 0.2) is 48.5 Å². The highest BCUT2D eigenvalue weighted by Crippen LogP contribution is 2.33. The third-order valence-corrected chi connectivity index (χ3v) is 3.89. The van der Waals surface area contributed by atoms with Crippen molar-refractivity contribution >= 4 is 0 Å². The van der Waals surface area contributed by atoms with Crippen LogP contribution >= 0.6 is 0 Å². The zero-order valence-electron chi connectivity index (χ0n) is 14.3. The van der Waals surface area contributed by atoms with E-state index < -0.39 is 0 Å². The minimum absolute atomic E-state index is 0. The lowest BCUT2D eigenvalue weighted by molar-refractivity contribution is 0.597. The highest BCUT2D eigenvalue weighted by atomic mass is 14.2. The molecule has 0 aliphatic heterocycles. The molecule has 122 valence electrons. The van der Waals surface area contributed by atoms with E-state index in [1.54, 1.807) is 0 Å². The number of aryl methyl sites for hydroxylation is 1. The smallest absolute Gasteiger partial charge is 0.0149 e. The van der Waals surface area contributed by atoms with Crippen molar-refractivity contribution < 1.29 is 0 Å². The first-order chi connectivity index (χ1) is 10.3. The summed E-state index contributed by atoms with van der Waals surface area (Å²) in [6, 6.07) is 17.8. The predicted octanol–water partition coefficient (Wildman–Crippen LogP) is 7.62. The minimum atomic E-state index is 0. The highest BCUT2D eigenvalue weighted by Gasteiger charge is 2.13.